The second-order valence-corrected chi connectivity index (χ2v) is 5.91. The standard InChI is InChI=1S/C21H19FN2O2/c1-14(24-21(25)17-6-4-10-23-13-17)15-8-9-19(20(12-15)26-2)16-5-3-7-18(22)11-16/h3-14H,1-2H3,(H,24,25)/t14-/m0/s1. The zero-order valence-electron chi connectivity index (χ0n) is 14.6. The van der Waals surface area contributed by atoms with Crippen molar-refractivity contribution in [3.63, 3.8) is 0 Å². The highest BCUT2D eigenvalue weighted by molar-refractivity contribution is 5.94. The van der Waals surface area contributed by atoms with Gasteiger partial charge >= 0.3 is 0 Å². The molecule has 0 aliphatic rings. The van der Waals surface area contributed by atoms with E-state index in [4.69, 9.17) is 4.74 Å². The summed E-state index contributed by atoms with van der Waals surface area (Å²) in [6, 6.07) is 15.2. The molecule has 0 bridgehead atoms. The van der Waals surface area contributed by atoms with E-state index in [1.807, 2.05) is 31.2 Å². The van der Waals surface area contributed by atoms with Crippen LogP contribution in [-0.4, -0.2) is 18.0 Å². The second kappa shape index (κ2) is 7.78. The number of benzene rings is 2. The highest BCUT2D eigenvalue weighted by Crippen LogP contribution is 2.32. The van der Waals surface area contributed by atoms with Gasteiger partial charge in [0, 0.05) is 18.0 Å². The number of pyridine rings is 1. The number of halogens is 1. The Morgan fingerprint density at radius 3 is 2.69 bits per heavy atom. The van der Waals surface area contributed by atoms with Crippen molar-refractivity contribution in [2.24, 2.45) is 0 Å². The molecule has 0 saturated carbocycles. The Morgan fingerprint density at radius 1 is 1.15 bits per heavy atom. The zero-order valence-corrected chi connectivity index (χ0v) is 14.6. The Bertz CT molecular complexity index is 913. The number of ether oxygens (including phenoxy) is 1. The van der Waals surface area contributed by atoms with Gasteiger partial charge in [-0.05, 0) is 48.4 Å². The van der Waals surface area contributed by atoms with Crippen molar-refractivity contribution < 1.29 is 13.9 Å². The molecule has 4 nitrogen and oxygen atoms in total. The summed E-state index contributed by atoms with van der Waals surface area (Å²) in [7, 11) is 1.57. The second-order valence-electron chi connectivity index (χ2n) is 5.91. The van der Waals surface area contributed by atoms with E-state index in [9.17, 15) is 9.18 Å². The average molecular weight is 350 g/mol. The summed E-state index contributed by atoms with van der Waals surface area (Å²) >= 11 is 0. The van der Waals surface area contributed by atoms with Gasteiger partial charge in [0.1, 0.15) is 11.6 Å². The molecule has 2 aromatic carbocycles. The van der Waals surface area contributed by atoms with Gasteiger partial charge in [0.05, 0.1) is 18.7 Å². The number of amides is 1. The number of hydrogen-bond acceptors (Lipinski definition) is 3. The average Bonchev–Trinajstić information content (AvgIpc) is 2.68. The maximum Gasteiger partial charge on any atom is 0.253 e. The van der Waals surface area contributed by atoms with Gasteiger partial charge in [-0.2, -0.15) is 0 Å². The Kier molecular flexibility index (Phi) is 5.27. The number of aromatic nitrogens is 1. The fourth-order valence-corrected chi connectivity index (χ4v) is 2.73. The van der Waals surface area contributed by atoms with E-state index in [1.54, 1.807) is 31.5 Å². The largest absolute Gasteiger partial charge is 0.496 e. The molecule has 0 fully saturated rings. The van der Waals surface area contributed by atoms with Crippen LogP contribution in [-0.2, 0) is 0 Å². The van der Waals surface area contributed by atoms with Crippen LogP contribution in [0.2, 0.25) is 0 Å². The molecule has 1 amide bonds. The quantitative estimate of drug-likeness (QED) is 0.743. The van der Waals surface area contributed by atoms with Crippen LogP contribution in [0.1, 0.15) is 28.9 Å². The van der Waals surface area contributed by atoms with Crippen LogP contribution in [0.4, 0.5) is 4.39 Å². The van der Waals surface area contributed by atoms with Crippen LogP contribution < -0.4 is 10.1 Å². The topological polar surface area (TPSA) is 51.2 Å². The SMILES string of the molecule is COc1cc([C@H](C)NC(=O)c2cccnc2)ccc1-c1cccc(F)c1. The molecule has 0 aliphatic carbocycles. The molecule has 1 N–H and O–H groups in total. The van der Waals surface area contributed by atoms with Crippen molar-refractivity contribution in [1.29, 1.82) is 0 Å². The highest BCUT2D eigenvalue weighted by Gasteiger charge is 2.14. The first-order valence-electron chi connectivity index (χ1n) is 8.23. The maximum atomic E-state index is 13.5. The van der Waals surface area contributed by atoms with E-state index < -0.39 is 0 Å². The van der Waals surface area contributed by atoms with Crippen molar-refractivity contribution in [3.8, 4) is 16.9 Å². The van der Waals surface area contributed by atoms with Crippen LogP contribution >= 0.6 is 0 Å². The fraction of sp³-hybridized carbons (Fsp3) is 0.143. The van der Waals surface area contributed by atoms with E-state index in [0.29, 0.717) is 11.3 Å². The highest BCUT2D eigenvalue weighted by atomic mass is 19.1. The Hall–Kier alpha value is -3.21. The lowest BCUT2D eigenvalue weighted by Crippen LogP contribution is -2.26. The van der Waals surface area contributed by atoms with Gasteiger partial charge in [-0.3, -0.25) is 9.78 Å². The lowest BCUT2D eigenvalue weighted by Gasteiger charge is -2.17. The van der Waals surface area contributed by atoms with Crippen molar-refractivity contribution in [1.82, 2.24) is 10.3 Å². The summed E-state index contributed by atoms with van der Waals surface area (Å²) < 4.78 is 19.0. The van der Waals surface area contributed by atoms with Crippen molar-refractivity contribution in [2.75, 3.05) is 7.11 Å². The Morgan fingerprint density at radius 2 is 2.00 bits per heavy atom. The van der Waals surface area contributed by atoms with E-state index in [2.05, 4.69) is 10.3 Å². The van der Waals surface area contributed by atoms with E-state index in [-0.39, 0.29) is 17.8 Å². The summed E-state index contributed by atoms with van der Waals surface area (Å²) in [6.45, 7) is 1.89. The minimum Gasteiger partial charge on any atom is -0.496 e. The zero-order chi connectivity index (χ0) is 18.5. The summed E-state index contributed by atoms with van der Waals surface area (Å²) in [6.07, 6.45) is 3.14. The van der Waals surface area contributed by atoms with E-state index in [1.165, 1.54) is 18.3 Å². The van der Waals surface area contributed by atoms with Gasteiger partial charge in [0.2, 0.25) is 0 Å². The lowest BCUT2D eigenvalue weighted by atomic mass is 9.99. The van der Waals surface area contributed by atoms with E-state index in [0.717, 1.165) is 16.7 Å². The van der Waals surface area contributed by atoms with Gasteiger partial charge in [-0.1, -0.05) is 24.3 Å². The number of hydrogen-bond donors (Lipinski definition) is 1. The molecule has 1 atom stereocenters. The summed E-state index contributed by atoms with van der Waals surface area (Å²) in [5.74, 6) is 0.125. The number of rotatable bonds is 5. The number of methoxy groups -OCH3 is 1. The summed E-state index contributed by atoms with van der Waals surface area (Å²) in [5.41, 5.74) is 2.92. The molecule has 0 radical (unpaired) electrons. The first-order chi connectivity index (χ1) is 12.6. The molecule has 5 heteroatoms. The van der Waals surface area contributed by atoms with Crippen molar-refractivity contribution in [3.05, 3.63) is 83.9 Å². The first kappa shape index (κ1) is 17.6. The van der Waals surface area contributed by atoms with Crippen molar-refractivity contribution in [2.45, 2.75) is 13.0 Å². The van der Waals surface area contributed by atoms with Crippen LogP contribution in [0, 0.1) is 5.82 Å². The molecule has 1 heterocycles. The van der Waals surface area contributed by atoms with Crippen molar-refractivity contribution >= 4 is 5.91 Å². The third-order valence-corrected chi connectivity index (χ3v) is 4.13. The molecule has 0 aliphatic heterocycles. The lowest BCUT2D eigenvalue weighted by molar-refractivity contribution is 0.0939. The third kappa shape index (κ3) is 3.88. The molecule has 3 aromatic rings. The molecule has 3 rings (SSSR count). The molecule has 0 spiro atoms. The Labute approximate surface area is 151 Å². The van der Waals surface area contributed by atoms with Crippen LogP contribution in [0.3, 0.4) is 0 Å². The molecule has 26 heavy (non-hydrogen) atoms. The van der Waals surface area contributed by atoms with E-state index >= 15 is 0 Å². The molecule has 132 valence electrons. The van der Waals surface area contributed by atoms with Crippen LogP contribution in [0.5, 0.6) is 5.75 Å². The van der Waals surface area contributed by atoms with Gasteiger partial charge in [0.15, 0.2) is 0 Å². The summed E-state index contributed by atoms with van der Waals surface area (Å²) in [5, 5.41) is 2.94. The predicted octanol–water partition coefficient (Wildman–Crippen LogP) is 4.39. The number of carbonyl (C=O) groups is 1. The fourth-order valence-electron chi connectivity index (χ4n) is 2.73. The minimum atomic E-state index is -0.300. The molecular weight excluding hydrogens is 331 g/mol. The molecule has 1 aromatic heterocycles. The number of nitrogens with one attached hydrogen (secondary N) is 1. The van der Waals surface area contributed by atoms with Gasteiger partial charge in [-0.15, -0.1) is 0 Å². The van der Waals surface area contributed by atoms with Crippen LogP contribution in [0.15, 0.2) is 67.0 Å². The number of nitrogens with zero attached hydrogens (tertiary/aromatic N) is 1. The first-order valence-corrected chi connectivity index (χ1v) is 8.23. The maximum absolute atomic E-state index is 13.5. The van der Waals surface area contributed by atoms with Gasteiger partial charge < -0.3 is 10.1 Å². The normalized spacial score (nSPS) is 11.7. The molecule has 0 unspecified atom stereocenters. The Balaban J connectivity index is 1.83. The molecule has 0 saturated heterocycles. The smallest absolute Gasteiger partial charge is 0.253 e. The van der Waals surface area contributed by atoms with Gasteiger partial charge in [-0.25, -0.2) is 4.39 Å². The molecular formula is C21H19FN2O2. The van der Waals surface area contributed by atoms with Crippen LogP contribution in [0.25, 0.3) is 11.1 Å². The van der Waals surface area contributed by atoms with Gasteiger partial charge in [0.25, 0.3) is 5.91 Å². The minimum absolute atomic E-state index is 0.196. The predicted molar refractivity (Wildman–Crippen MR) is 98.5 cm³/mol. The third-order valence-electron chi connectivity index (χ3n) is 4.13. The number of carbonyl (C=O) groups excluding carboxylic acids is 1. The monoisotopic (exact) mass is 350 g/mol. The summed E-state index contributed by atoms with van der Waals surface area (Å²) in [4.78, 5) is 16.2.